The van der Waals surface area contributed by atoms with E-state index in [9.17, 15) is 9.90 Å². The number of benzene rings is 1. The lowest BCUT2D eigenvalue weighted by atomic mass is 10.1. The lowest BCUT2D eigenvalue weighted by Crippen LogP contribution is -2.33. The van der Waals surface area contributed by atoms with Crippen molar-refractivity contribution in [2.24, 2.45) is 0 Å². The molecule has 1 aliphatic rings. The lowest BCUT2D eigenvalue weighted by Gasteiger charge is -2.28. The van der Waals surface area contributed by atoms with Crippen molar-refractivity contribution in [1.82, 2.24) is 9.55 Å². The van der Waals surface area contributed by atoms with Gasteiger partial charge in [0, 0.05) is 12.9 Å². The van der Waals surface area contributed by atoms with Gasteiger partial charge in [-0.2, -0.15) is 4.98 Å². The Bertz CT molecular complexity index is 793. The van der Waals surface area contributed by atoms with Crippen LogP contribution in [0.1, 0.15) is 11.6 Å². The van der Waals surface area contributed by atoms with Gasteiger partial charge in [0.15, 0.2) is 0 Å². The van der Waals surface area contributed by atoms with E-state index in [2.05, 4.69) is 4.98 Å². The summed E-state index contributed by atoms with van der Waals surface area (Å²) < 4.78 is 11.8. The predicted octanol–water partition coefficient (Wildman–Crippen LogP) is 2.33. The molecule has 0 fully saturated rings. The van der Waals surface area contributed by atoms with Crippen LogP contribution < -0.4 is 5.69 Å². The second kappa shape index (κ2) is 6.08. The van der Waals surface area contributed by atoms with Gasteiger partial charge in [-0.15, -0.1) is 11.8 Å². The fraction of sp³-hybridized carbons (Fsp3) is 0.429. The largest absolute Gasteiger partial charge is 0.493 e. The molecular weight excluding hydrogens is 328 g/mol. The predicted molar refractivity (Wildman–Crippen MR) is 85.0 cm³/mol. The number of hydrogen-bond acceptors (Lipinski definition) is 6. The highest BCUT2D eigenvalue weighted by Gasteiger charge is 2.28. The van der Waals surface area contributed by atoms with Gasteiger partial charge in [0.05, 0.1) is 33.5 Å². The molecule has 6 nitrogen and oxygen atoms in total. The zero-order valence-electron chi connectivity index (χ0n) is 12.1. The molecule has 1 aromatic carbocycles. The molecule has 1 N–H and O–H groups in total. The Morgan fingerprint density at radius 1 is 1.59 bits per heavy atom. The summed E-state index contributed by atoms with van der Waals surface area (Å²) in [6.45, 7) is 2.35. The Morgan fingerprint density at radius 2 is 2.36 bits per heavy atom. The minimum Gasteiger partial charge on any atom is -0.493 e. The number of aromatic nitrogens is 2. The van der Waals surface area contributed by atoms with Crippen molar-refractivity contribution < 1.29 is 14.6 Å². The van der Waals surface area contributed by atoms with Crippen molar-refractivity contribution in [2.75, 3.05) is 26.3 Å². The van der Waals surface area contributed by atoms with E-state index in [4.69, 9.17) is 21.1 Å². The second-order valence-corrected chi connectivity index (χ2v) is 6.47. The molecular formula is C14H15ClN2O4S. The first-order chi connectivity index (χ1) is 10.5. The number of thioether (sulfide) groups is 1. The van der Waals surface area contributed by atoms with E-state index in [-0.39, 0.29) is 18.7 Å². The van der Waals surface area contributed by atoms with Crippen LogP contribution in [0.3, 0.4) is 0 Å². The van der Waals surface area contributed by atoms with Crippen LogP contribution >= 0.6 is 23.4 Å². The van der Waals surface area contributed by atoms with E-state index >= 15 is 0 Å². The van der Waals surface area contributed by atoms with Crippen LogP contribution in [-0.2, 0) is 9.47 Å². The minimum atomic E-state index is -0.502. The van der Waals surface area contributed by atoms with Crippen LogP contribution in [-0.4, -0.2) is 40.9 Å². The molecule has 118 valence electrons. The van der Waals surface area contributed by atoms with Crippen molar-refractivity contribution in [3.05, 3.63) is 27.1 Å². The highest BCUT2D eigenvalue weighted by Crippen LogP contribution is 2.43. The van der Waals surface area contributed by atoms with E-state index in [1.54, 1.807) is 29.5 Å². The summed E-state index contributed by atoms with van der Waals surface area (Å²) in [7, 11) is 1.54. The quantitative estimate of drug-likeness (QED) is 0.679. The zero-order valence-corrected chi connectivity index (χ0v) is 13.7. The Labute approximate surface area is 136 Å². The topological polar surface area (TPSA) is 73.6 Å². The first kappa shape index (κ1) is 15.6. The van der Waals surface area contributed by atoms with Gasteiger partial charge in [0.1, 0.15) is 6.79 Å². The number of nitrogens with zero attached hydrogens (tertiary/aromatic N) is 2. The number of aromatic hydroxyl groups is 1. The summed E-state index contributed by atoms with van der Waals surface area (Å²) in [4.78, 5) is 16.8. The molecule has 0 bridgehead atoms. The van der Waals surface area contributed by atoms with Gasteiger partial charge in [-0.1, -0.05) is 11.6 Å². The average Bonchev–Trinajstić information content (AvgIpc) is 2.49. The highest BCUT2D eigenvalue weighted by molar-refractivity contribution is 7.99. The molecule has 0 spiro atoms. The van der Waals surface area contributed by atoms with Gasteiger partial charge < -0.3 is 14.6 Å². The molecule has 1 aliphatic heterocycles. The molecule has 22 heavy (non-hydrogen) atoms. The normalized spacial score (nSPS) is 17.1. The van der Waals surface area contributed by atoms with Crippen molar-refractivity contribution in [3.63, 3.8) is 0 Å². The fourth-order valence-corrected chi connectivity index (χ4v) is 4.12. The Kier molecular flexibility index (Phi) is 4.31. The molecule has 1 aromatic heterocycles. The van der Waals surface area contributed by atoms with Gasteiger partial charge in [0.25, 0.3) is 0 Å². The SMILES string of the molecule is COCOC[C@H]1CSc2c(Cl)c(C)cc3c(O)nc(=O)n1c23. The smallest absolute Gasteiger partial charge is 0.351 e. The maximum Gasteiger partial charge on any atom is 0.351 e. The third-order valence-corrected chi connectivity index (χ3v) is 5.40. The maximum absolute atomic E-state index is 12.3. The van der Waals surface area contributed by atoms with Crippen LogP contribution in [0.15, 0.2) is 15.8 Å². The molecule has 3 rings (SSSR count). The van der Waals surface area contributed by atoms with Crippen LogP contribution in [0.2, 0.25) is 5.02 Å². The highest BCUT2D eigenvalue weighted by atomic mass is 35.5. The summed E-state index contributed by atoms with van der Waals surface area (Å²) >= 11 is 7.92. The summed E-state index contributed by atoms with van der Waals surface area (Å²) in [5.41, 5.74) is 0.959. The van der Waals surface area contributed by atoms with E-state index < -0.39 is 5.69 Å². The zero-order chi connectivity index (χ0) is 15.9. The standard InChI is InChI=1S/C14H15ClN2O4S/c1-7-3-9-11-12(10(7)15)22-5-8(4-21-6-20-2)17(11)14(19)16-13(9)18/h3,8H,4-6H2,1-2H3,(H,16,18,19)/t8-/m0/s1. The third kappa shape index (κ3) is 2.48. The third-order valence-electron chi connectivity index (χ3n) is 3.56. The van der Waals surface area contributed by atoms with E-state index in [1.165, 1.54) is 0 Å². The summed E-state index contributed by atoms with van der Waals surface area (Å²) in [5, 5.41) is 11.1. The van der Waals surface area contributed by atoms with Crippen LogP contribution in [0.4, 0.5) is 0 Å². The van der Waals surface area contributed by atoms with Crippen LogP contribution in [0.5, 0.6) is 5.88 Å². The molecule has 0 radical (unpaired) electrons. The molecule has 8 heteroatoms. The number of ether oxygens (including phenoxy) is 2. The average molecular weight is 343 g/mol. The first-order valence-corrected chi connectivity index (χ1v) is 8.04. The number of methoxy groups -OCH3 is 1. The molecule has 1 atom stereocenters. The van der Waals surface area contributed by atoms with E-state index in [1.807, 2.05) is 6.92 Å². The number of halogens is 1. The van der Waals surface area contributed by atoms with Gasteiger partial charge in [-0.25, -0.2) is 4.79 Å². The molecule has 0 saturated carbocycles. The van der Waals surface area contributed by atoms with Gasteiger partial charge >= 0.3 is 5.69 Å². The van der Waals surface area contributed by atoms with Gasteiger partial charge in [-0.3, -0.25) is 4.57 Å². The second-order valence-electron chi connectivity index (χ2n) is 5.06. The molecule has 2 aromatic rings. The monoisotopic (exact) mass is 342 g/mol. The Morgan fingerprint density at radius 3 is 3.09 bits per heavy atom. The minimum absolute atomic E-state index is 0.159. The molecule has 0 aliphatic carbocycles. The van der Waals surface area contributed by atoms with Crippen molar-refractivity contribution in [3.8, 4) is 5.88 Å². The molecule has 0 amide bonds. The summed E-state index contributed by atoms with van der Waals surface area (Å²) in [6, 6.07) is 1.56. The van der Waals surface area contributed by atoms with Crippen LogP contribution in [0, 0.1) is 6.92 Å². The Hall–Kier alpha value is -1.28. The van der Waals surface area contributed by atoms with Crippen molar-refractivity contribution >= 4 is 34.3 Å². The number of hydrogen-bond donors (Lipinski definition) is 1. The lowest BCUT2D eigenvalue weighted by molar-refractivity contribution is -0.0395. The van der Waals surface area contributed by atoms with Crippen LogP contribution in [0.25, 0.3) is 10.9 Å². The van der Waals surface area contributed by atoms with E-state index in [0.29, 0.717) is 28.3 Å². The molecule has 2 heterocycles. The van der Waals surface area contributed by atoms with Crippen molar-refractivity contribution in [1.29, 1.82) is 0 Å². The summed E-state index contributed by atoms with van der Waals surface area (Å²) in [6.07, 6.45) is 0. The Balaban J connectivity index is 2.22. The number of rotatable bonds is 4. The molecule has 0 saturated heterocycles. The number of aryl methyl sites for hydroxylation is 1. The summed E-state index contributed by atoms with van der Waals surface area (Å²) in [5.74, 6) is 0.373. The van der Waals surface area contributed by atoms with Gasteiger partial charge in [0.2, 0.25) is 5.88 Å². The molecule has 0 unspecified atom stereocenters. The van der Waals surface area contributed by atoms with Crippen molar-refractivity contribution in [2.45, 2.75) is 17.9 Å². The fourth-order valence-electron chi connectivity index (χ4n) is 2.58. The van der Waals surface area contributed by atoms with E-state index in [0.717, 1.165) is 10.5 Å². The van der Waals surface area contributed by atoms with Gasteiger partial charge in [-0.05, 0) is 18.6 Å². The first-order valence-electron chi connectivity index (χ1n) is 6.68. The maximum atomic E-state index is 12.3.